The minimum Gasteiger partial charge on any atom is -0.384 e. The minimum atomic E-state index is -0.327. The van der Waals surface area contributed by atoms with E-state index in [9.17, 15) is 4.79 Å². The molecule has 0 aliphatic carbocycles. The van der Waals surface area contributed by atoms with E-state index in [1.54, 1.807) is 12.3 Å². The first-order valence-corrected chi connectivity index (χ1v) is 9.65. The van der Waals surface area contributed by atoms with Crippen LogP contribution in [0.1, 0.15) is 38.7 Å². The van der Waals surface area contributed by atoms with Crippen molar-refractivity contribution in [2.75, 3.05) is 5.73 Å². The molecular formula is C23H22N6O. The summed E-state index contributed by atoms with van der Waals surface area (Å²) in [6.45, 7) is 4.22. The fourth-order valence-electron chi connectivity index (χ4n) is 3.26. The number of nitrogens with one attached hydrogen (secondary N) is 1. The Kier molecular flexibility index (Phi) is 5.34. The Morgan fingerprint density at radius 1 is 1.03 bits per heavy atom. The van der Waals surface area contributed by atoms with Gasteiger partial charge in [-0.05, 0) is 60.9 Å². The predicted molar refractivity (Wildman–Crippen MR) is 116 cm³/mol. The van der Waals surface area contributed by atoms with Gasteiger partial charge >= 0.3 is 0 Å². The summed E-state index contributed by atoms with van der Waals surface area (Å²) in [5.74, 6) is 0.275. The number of carbonyl (C=O) groups is 1. The highest BCUT2D eigenvalue weighted by Gasteiger charge is 2.11. The van der Waals surface area contributed by atoms with Gasteiger partial charge < -0.3 is 11.1 Å². The second kappa shape index (κ2) is 8.24. The Morgan fingerprint density at radius 3 is 2.73 bits per heavy atom. The molecule has 3 heterocycles. The van der Waals surface area contributed by atoms with Gasteiger partial charge in [0.25, 0.3) is 5.91 Å². The van der Waals surface area contributed by atoms with Crippen molar-refractivity contribution >= 4 is 22.6 Å². The Balaban J connectivity index is 1.47. The number of hydrogen-bond donors (Lipinski definition) is 2. The fraction of sp³-hybridized carbons (Fsp3) is 0.174. The molecule has 7 nitrogen and oxygen atoms in total. The molecule has 0 aliphatic heterocycles. The van der Waals surface area contributed by atoms with E-state index in [1.165, 1.54) is 0 Å². The van der Waals surface area contributed by atoms with Gasteiger partial charge in [-0.15, -0.1) is 0 Å². The summed E-state index contributed by atoms with van der Waals surface area (Å²) in [5.41, 5.74) is 11.3. The highest BCUT2D eigenvalue weighted by Crippen LogP contribution is 2.17. The van der Waals surface area contributed by atoms with E-state index in [-0.39, 0.29) is 11.7 Å². The smallest absolute Gasteiger partial charge is 0.289 e. The molecule has 150 valence electrons. The highest BCUT2D eigenvalue weighted by molar-refractivity contribution is 5.90. The lowest BCUT2D eigenvalue weighted by Gasteiger charge is -2.08. The van der Waals surface area contributed by atoms with Crippen LogP contribution in [0.5, 0.6) is 0 Å². The first-order chi connectivity index (χ1) is 14.5. The molecule has 0 unspecified atom stereocenters. The van der Waals surface area contributed by atoms with Gasteiger partial charge in [0.2, 0.25) is 5.82 Å². The summed E-state index contributed by atoms with van der Waals surface area (Å²) >= 11 is 0. The van der Waals surface area contributed by atoms with Gasteiger partial charge in [0.1, 0.15) is 5.82 Å². The molecule has 0 radical (unpaired) electrons. The van der Waals surface area contributed by atoms with Crippen LogP contribution >= 0.6 is 0 Å². The summed E-state index contributed by atoms with van der Waals surface area (Å²) in [5, 5.41) is 3.93. The first-order valence-electron chi connectivity index (χ1n) is 9.65. The number of benzene rings is 1. The third kappa shape index (κ3) is 4.41. The fourth-order valence-corrected chi connectivity index (χ4v) is 3.26. The standard InChI is InChI=1S/C23H22N6O/c1-14-9-18-10-16(3-5-20(18)26-12-14)11-19-7-8-25-22(29-19)23(30)27-13-17-4-6-21(24)28-15(17)2/h3-10,12H,11,13H2,1-2H3,(H2,24,28)(H,27,30). The highest BCUT2D eigenvalue weighted by atomic mass is 16.2. The molecular weight excluding hydrogens is 376 g/mol. The number of fused-ring (bicyclic) bond motifs is 1. The maximum atomic E-state index is 12.5. The van der Waals surface area contributed by atoms with Gasteiger partial charge in [-0.1, -0.05) is 12.1 Å². The largest absolute Gasteiger partial charge is 0.384 e. The number of carbonyl (C=O) groups excluding carboxylic acids is 1. The van der Waals surface area contributed by atoms with E-state index in [2.05, 4.69) is 37.4 Å². The number of nitrogens with two attached hydrogens (primary N) is 1. The quantitative estimate of drug-likeness (QED) is 0.535. The van der Waals surface area contributed by atoms with Crippen molar-refractivity contribution in [2.24, 2.45) is 0 Å². The molecule has 1 aromatic carbocycles. The third-order valence-electron chi connectivity index (χ3n) is 4.84. The number of aryl methyl sites for hydroxylation is 2. The SMILES string of the molecule is Cc1cnc2ccc(Cc3ccnc(C(=O)NCc4ccc(N)nc4C)n3)cc2c1. The second-order valence-electron chi connectivity index (χ2n) is 7.25. The average Bonchev–Trinajstić information content (AvgIpc) is 2.73. The van der Waals surface area contributed by atoms with Crippen LogP contribution in [0.2, 0.25) is 0 Å². The van der Waals surface area contributed by atoms with Crippen LogP contribution in [-0.2, 0) is 13.0 Å². The summed E-state index contributed by atoms with van der Waals surface area (Å²) in [4.78, 5) is 29.7. The second-order valence-corrected chi connectivity index (χ2v) is 7.25. The van der Waals surface area contributed by atoms with Gasteiger partial charge in [0, 0.05) is 42.1 Å². The Morgan fingerprint density at radius 2 is 1.90 bits per heavy atom. The van der Waals surface area contributed by atoms with E-state index in [0.29, 0.717) is 18.8 Å². The zero-order valence-corrected chi connectivity index (χ0v) is 16.9. The molecule has 0 aliphatic rings. The molecule has 0 atom stereocenters. The number of anilines is 1. The Hall–Kier alpha value is -3.87. The van der Waals surface area contributed by atoms with Crippen LogP contribution in [0, 0.1) is 13.8 Å². The van der Waals surface area contributed by atoms with Crippen LogP contribution < -0.4 is 11.1 Å². The van der Waals surface area contributed by atoms with Crippen LogP contribution in [0.25, 0.3) is 10.9 Å². The number of amides is 1. The van der Waals surface area contributed by atoms with Crippen LogP contribution in [-0.4, -0.2) is 25.8 Å². The molecule has 0 fully saturated rings. The molecule has 7 heteroatoms. The maximum absolute atomic E-state index is 12.5. The van der Waals surface area contributed by atoms with Crippen molar-refractivity contribution in [3.8, 4) is 0 Å². The van der Waals surface area contributed by atoms with Gasteiger partial charge in [0.05, 0.1) is 5.52 Å². The Bertz CT molecular complexity index is 1240. The molecule has 3 N–H and O–H groups in total. The van der Waals surface area contributed by atoms with Gasteiger partial charge in [0.15, 0.2) is 0 Å². The lowest BCUT2D eigenvalue weighted by atomic mass is 10.1. The van der Waals surface area contributed by atoms with E-state index in [1.807, 2.05) is 44.3 Å². The van der Waals surface area contributed by atoms with Crippen molar-refractivity contribution in [1.82, 2.24) is 25.3 Å². The molecule has 4 aromatic rings. The van der Waals surface area contributed by atoms with Crippen molar-refractivity contribution in [1.29, 1.82) is 0 Å². The average molecular weight is 398 g/mol. The van der Waals surface area contributed by atoms with E-state index >= 15 is 0 Å². The van der Waals surface area contributed by atoms with Gasteiger partial charge in [-0.25, -0.2) is 15.0 Å². The van der Waals surface area contributed by atoms with Crippen LogP contribution in [0.15, 0.2) is 54.9 Å². The molecule has 0 saturated carbocycles. The number of aromatic nitrogens is 4. The number of pyridine rings is 2. The molecule has 0 saturated heterocycles. The van der Waals surface area contributed by atoms with E-state index in [0.717, 1.165) is 39.0 Å². The Labute approximate surface area is 174 Å². The molecule has 1 amide bonds. The number of nitrogens with zero attached hydrogens (tertiary/aromatic N) is 4. The monoisotopic (exact) mass is 398 g/mol. The molecule has 0 bridgehead atoms. The minimum absolute atomic E-state index is 0.145. The molecule has 4 rings (SSSR count). The first kappa shape index (κ1) is 19.4. The molecule has 30 heavy (non-hydrogen) atoms. The maximum Gasteiger partial charge on any atom is 0.289 e. The third-order valence-corrected chi connectivity index (χ3v) is 4.84. The summed E-state index contributed by atoms with van der Waals surface area (Å²) in [6.07, 6.45) is 4.08. The lowest BCUT2D eigenvalue weighted by Crippen LogP contribution is -2.25. The summed E-state index contributed by atoms with van der Waals surface area (Å²) < 4.78 is 0. The van der Waals surface area contributed by atoms with Gasteiger partial charge in [-0.3, -0.25) is 9.78 Å². The number of nitrogen functional groups attached to an aromatic ring is 1. The van der Waals surface area contributed by atoms with Crippen LogP contribution in [0.4, 0.5) is 5.82 Å². The van der Waals surface area contributed by atoms with Crippen molar-refractivity contribution in [3.05, 3.63) is 88.8 Å². The number of rotatable bonds is 5. The van der Waals surface area contributed by atoms with Crippen molar-refractivity contribution in [2.45, 2.75) is 26.8 Å². The topological polar surface area (TPSA) is 107 Å². The normalized spacial score (nSPS) is 10.9. The number of hydrogen-bond acceptors (Lipinski definition) is 6. The predicted octanol–water partition coefficient (Wildman–Crippen LogP) is 3.14. The van der Waals surface area contributed by atoms with Gasteiger partial charge in [-0.2, -0.15) is 0 Å². The lowest BCUT2D eigenvalue weighted by molar-refractivity contribution is 0.0940. The zero-order chi connectivity index (χ0) is 21.1. The van der Waals surface area contributed by atoms with Crippen LogP contribution in [0.3, 0.4) is 0 Å². The van der Waals surface area contributed by atoms with Crippen molar-refractivity contribution < 1.29 is 4.79 Å². The molecule has 3 aromatic heterocycles. The van der Waals surface area contributed by atoms with Crippen molar-refractivity contribution in [3.63, 3.8) is 0 Å². The summed E-state index contributed by atoms with van der Waals surface area (Å²) in [7, 11) is 0. The van der Waals surface area contributed by atoms with E-state index in [4.69, 9.17) is 5.73 Å². The van der Waals surface area contributed by atoms with E-state index < -0.39 is 0 Å². The zero-order valence-electron chi connectivity index (χ0n) is 16.9. The summed E-state index contributed by atoms with van der Waals surface area (Å²) in [6, 6.07) is 13.6. The molecule has 0 spiro atoms.